The van der Waals surface area contributed by atoms with Crippen LogP contribution in [0, 0.1) is 11.3 Å². The molecule has 2 N–H and O–H groups in total. The van der Waals surface area contributed by atoms with Crippen LogP contribution in [0.2, 0.25) is 0 Å². The van der Waals surface area contributed by atoms with E-state index in [1.54, 1.807) is 0 Å². The van der Waals surface area contributed by atoms with Crippen LogP contribution in [-0.4, -0.2) is 30.6 Å². The molecule has 1 fully saturated rings. The third kappa shape index (κ3) is 5.39. The predicted molar refractivity (Wildman–Crippen MR) is 76.1 cm³/mol. The molecule has 1 atom stereocenters. The second kappa shape index (κ2) is 6.75. The third-order valence-corrected chi connectivity index (χ3v) is 4.39. The molecule has 0 aromatic carbocycles. The van der Waals surface area contributed by atoms with Crippen molar-refractivity contribution in [3.05, 3.63) is 0 Å². The van der Waals surface area contributed by atoms with Gasteiger partial charge in [-0.3, -0.25) is 0 Å². The van der Waals surface area contributed by atoms with Gasteiger partial charge in [-0.25, -0.2) is 0 Å². The van der Waals surface area contributed by atoms with Crippen molar-refractivity contribution >= 4 is 0 Å². The molecule has 1 saturated heterocycles. The van der Waals surface area contributed by atoms with Crippen LogP contribution < -0.4 is 5.73 Å². The standard InChI is InChI=1S/C15H32N2/c1-5-14(16)7-6-10-17-11-8-13(9-12-17)15(2,3)4/h13-14H,5-12,16H2,1-4H3. The van der Waals surface area contributed by atoms with E-state index in [2.05, 4.69) is 32.6 Å². The van der Waals surface area contributed by atoms with E-state index < -0.39 is 0 Å². The Kier molecular flexibility index (Phi) is 5.94. The van der Waals surface area contributed by atoms with Gasteiger partial charge in [0.1, 0.15) is 0 Å². The second-order valence-corrected chi connectivity index (χ2v) is 6.79. The van der Waals surface area contributed by atoms with Crippen molar-refractivity contribution in [2.45, 2.75) is 65.8 Å². The van der Waals surface area contributed by atoms with Gasteiger partial charge in [-0.15, -0.1) is 0 Å². The minimum Gasteiger partial charge on any atom is -0.328 e. The van der Waals surface area contributed by atoms with Crippen LogP contribution in [0.3, 0.4) is 0 Å². The Morgan fingerprint density at radius 3 is 2.29 bits per heavy atom. The van der Waals surface area contributed by atoms with E-state index in [9.17, 15) is 0 Å². The number of rotatable bonds is 5. The van der Waals surface area contributed by atoms with Gasteiger partial charge in [0.2, 0.25) is 0 Å². The van der Waals surface area contributed by atoms with Gasteiger partial charge in [-0.2, -0.15) is 0 Å². The summed E-state index contributed by atoms with van der Waals surface area (Å²) in [6.45, 7) is 13.2. The fourth-order valence-corrected chi connectivity index (χ4v) is 2.80. The highest BCUT2D eigenvalue weighted by molar-refractivity contribution is 4.80. The van der Waals surface area contributed by atoms with E-state index in [1.807, 2.05) is 0 Å². The molecule has 0 spiro atoms. The Morgan fingerprint density at radius 1 is 1.24 bits per heavy atom. The van der Waals surface area contributed by atoms with Gasteiger partial charge < -0.3 is 10.6 Å². The molecule has 1 heterocycles. The Balaban J connectivity index is 2.15. The Labute approximate surface area is 108 Å². The van der Waals surface area contributed by atoms with Crippen LogP contribution in [0.25, 0.3) is 0 Å². The molecule has 0 aliphatic carbocycles. The third-order valence-electron chi connectivity index (χ3n) is 4.39. The topological polar surface area (TPSA) is 29.3 Å². The predicted octanol–water partition coefficient (Wildman–Crippen LogP) is 3.26. The number of likely N-dealkylation sites (tertiary alicyclic amines) is 1. The van der Waals surface area contributed by atoms with E-state index in [-0.39, 0.29) is 0 Å². The molecule has 2 nitrogen and oxygen atoms in total. The van der Waals surface area contributed by atoms with E-state index in [0.29, 0.717) is 11.5 Å². The van der Waals surface area contributed by atoms with E-state index in [0.717, 1.165) is 12.3 Å². The van der Waals surface area contributed by atoms with Gasteiger partial charge in [-0.05, 0) is 63.1 Å². The molecular weight excluding hydrogens is 208 g/mol. The molecule has 102 valence electrons. The maximum absolute atomic E-state index is 5.95. The van der Waals surface area contributed by atoms with Crippen molar-refractivity contribution in [1.82, 2.24) is 4.90 Å². The van der Waals surface area contributed by atoms with Crippen molar-refractivity contribution in [1.29, 1.82) is 0 Å². The Bertz CT molecular complexity index is 199. The highest BCUT2D eigenvalue weighted by Gasteiger charge is 2.28. The first-order valence-corrected chi connectivity index (χ1v) is 7.41. The van der Waals surface area contributed by atoms with Crippen molar-refractivity contribution in [2.24, 2.45) is 17.1 Å². The average Bonchev–Trinajstić information content (AvgIpc) is 2.28. The number of piperidine rings is 1. The zero-order valence-corrected chi connectivity index (χ0v) is 12.3. The minimum atomic E-state index is 0.419. The van der Waals surface area contributed by atoms with Crippen LogP contribution in [0.15, 0.2) is 0 Å². The van der Waals surface area contributed by atoms with Gasteiger partial charge in [-0.1, -0.05) is 27.7 Å². The molecule has 1 unspecified atom stereocenters. The second-order valence-electron chi connectivity index (χ2n) is 6.79. The summed E-state index contributed by atoms with van der Waals surface area (Å²) in [7, 11) is 0. The zero-order chi connectivity index (χ0) is 12.9. The Hall–Kier alpha value is -0.0800. The first kappa shape index (κ1) is 15.0. The molecule has 0 saturated carbocycles. The molecule has 0 aromatic rings. The molecule has 17 heavy (non-hydrogen) atoms. The fraction of sp³-hybridized carbons (Fsp3) is 1.00. The molecule has 1 aliphatic rings. The van der Waals surface area contributed by atoms with Gasteiger partial charge in [0, 0.05) is 6.04 Å². The zero-order valence-electron chi connectivity index (χ0n) is 12.3. The SMILES string of the molecule is CCC(N)CCCN1CCC(C(C)(C)C)CC1. The average molecular weight is 240 g/mol. The molecule has 1 rings (SSSR count). The van der Waals surface area contributed by atoms with Gasteiger partial charge in [0.15, 0.2) is 0 Å². The lowest BCUT2D eigenvalue weighted by molar-refractivity contribution is 0.111. The number of hydrogen-bond acceptors (Lipinski definition) is 2. The van der Waals surface area contributed by atoms with E-state index in [1.165, 1.54) is 45.3 Å². The van der Waals surface area contributed by atoms with Gasteiger partial charge in [0.05, 0.1) is 0 Å². The molecule has 0 bridgehead atoms. The normalized spacial score (nSPS) is 21.7. The van der Waals surface area contributed by atoms with Crippen LogP contribution in [-0.2, 0) is 0 Å². The first-order chi connectivity index (χ1) is 7.93. The van der Waals surface area contributed by atoms with Gasteiger partial charge in [0.25, 0.3) is 0 Å². The summed E-state index contributed by atoms with van der Waals surface area (Å²) in [6.07, 6.45) is 6.34. The largest absolute Gasteiger partial charge is 0.328 e. The summed E-state index contributed by atoms with van der Waals surface area (Å²) < 4.78 is 0. The van der Waals surface area contributed by atoms with Crippen molar-refractivity contribution in [2.75, 3.05) is 19.6 Å². The molecule has 1 aliphatic heterocycles. The minimum absolute atomic E-state index is 0.419. The molecule has 0 aromatic heterocycles. The quantitative estimate of drug-likeness (QED) is 0.799. The lowest BCUT2D eigenvalue weighted by atomic mass is 9.75. The monoisotopic (exact) mass is 240 g/mol. The van der Waals surface area contributed by atoms with Crippen LogP contribution >= 0.6 is 0 Å². The fourth-order valence-electron chi connectivity index (χ4n) is 2.80. The maximum Gasteiger partial charge on any atom is 0.00366 e. The number of hydrogen-bond donors (Lipinski definition) is 1. The molecule has 0 radical (unpaired) electrons. The number of nitrogens with zero attached hydrogens (tertiary/aromatic N) is 1. The smallest absolute Gasteiger partial charge is 0.00366 e. The highest BCUT2D eigenvalue weighted by atomic mass is 15.1. The maximum atomic E-state index is 5.95. The van der Waals surface area contributed by atoms with Crippen molar-refractivity contribution < 1.29 is 0 Å². The van der Waals surface area contributed by atoms with Crippen LogP contribution in [0.4, 0.5) is 0 Å². The lowest BCUT2D eigenvalue weighted by Crippen LogP contribution is -2.38. The summed E-state index contributed by atoms with van der Waals surface area (Å²) >= 11 is 0. The molecule has 0 amide bonds. The van der Waals surface area contributed by atoms with Crippen LogP contribution in [0.1, 0.15) is 59.8 Å². The number of nitrogens with two attached hydrogens (primary N) is 1. The van der Waals surface area contributed by atoms with E-state index >= 15 is 0 Å². The highest BCUT2D eigenvalue weighted by Crippen LogP contribution is 2.34. The summed E-state index contributed by atoms with van der Waals surface area (Å²) in [5.41, 5.74) is 6.45. The van der Waals surface area contributed by atoms with Crippen molar-refractivity contribution in [3.8, 4) is 0 Å². The van der Waals surface area contributed by atoms with Gasteiger partial charge >= 0.3 is 0 Å². The first-order valence-electron chi connectivity index (χ1n) is 7.41. The van der Waals surface area contributed by atoms with Crippen LogP contribution in [0.5, 0.6) is 0 Å². The molecular formula is C15H32N2. The van der Waals surface area contributed by atoms with E-state index in [4.69, 9.17) is 5.73 Å². The summed E-state index contributed by atoms with van der Waals surface area (Å²) in [4.78, 5) is 2.63. The molecule has 2 heteroatoms. The summed E-state index contributed by atoms with van der Waals surface area (Å²) in [6, 6.07) is 0.419. The summed E-state index contributed by atoms with van der Waals surface area (Å²) in [5, 5.41) is 0. The lowest BCUT2D eigenvalue weighted by Gasteiger charge is -2.38. The van der Waals surface area contributed by atoms with Crippen molar-refractivity contribution in [3.63, 3.8) is 0 Å². The summed E-state index contributed by atoms with van der Waals surface area (Å²) in [5.74, 6) is 0.914. The Morgan fingerprint density at radius 2 is 1.82 bits per heavy atom.